The number of hydrogen-bond donors (Lipinski definition) is 5. The van der Waals surface area contributed by atoms with Gasteiger partial charge in [0.25, 0.3) is 0 Å². The predicted octanol–water partition coefficient (Wildman–Crippen LogP) is 4.83. The molecule has 1 aliphatic carbocycles. The van der Waals surface area contributed by atoms with Crippen LogP contribution in [0.3, 0.4) is 0 Å². The minimum atomic E-state index is -1.20. The molecule has 6 amide bonds. The number of nitrogens with zero attached hydrogens (tertiary/aromatic N) is 3. The first-order valence-corrected chi connectivity index (χ1v) is 23.2. The second kappa shape index (κ2) is 20.2. The second-order valence-corrected chi connectivity index (χ2v) is 21.5. The van der Waals surface area contributed by atoms with Gasteiger partial charge in [0.05, 0.1) is 12.1 Å². The standard InChI is InChI=1S/C50H73N7O9/c1-28(51-12)41(58)53-39(48(3,4)5)44(61)56-26-33-23-31(21-22-32(33)24-37(56)43(60)52-36-20-16-18-30-17-14-15-19-35(30)36)34-25-38(46(63)64)57(27-34)45(62)40(49(6,7)8)54-42(59)29(2)55(13)47(65)66-50(9,10)11/h14-15,17,19,21-23,28-29,34,36-40,51H,16,18,20,24-27H2,1-13H3,(H,52,60)(H,53,58)(H,54,59)(H,63,64)/t28-,29-,34-,36+,37-,38-,39+,40+/m0/s1. The van der Waals surface area contributed by atoms with E-state index in [0.29, 0.717) is 0 Å². The molecule has 362 valence electrons. The number of carboxylic acid groups (broad SMARTS) is 1. The first kappa shape index (κ1) is 51.5. The summed E-state index contributed by atoms with van der Waals surface area (Å²) in [6.45, 7) is 19.4. The summed E-state index contributed by atoms with van der Waals surface area (Å²) in [7, 11) is 3.10. The van der Waals surface area contributed by atoms with Gasteiger partial charge >= 0.3 is 12.1 Å². The number of nitrogens with one attached hydrogen (secondary N) is 4. The van der Waals surface area contributed by atoms with Gasteiger partial charge in [-0.05, 0) is 106 Å². The number of carbonyl (C=O) groups excluding carboxylic acids is 6. The zero-order valence-corrected chi connectivity index (χ0v) is 41.2. The van der Waals surface area contributed by atoms with E-state index in [0.717, 1.165) is 46.4 Å². The smallest absolute Gasteiger partial charge is 0.410 e. The van der Waals surface area contributed by atoms with Crippen LogP contribution in [-0.4, -0.2) is 124 Å². The Morgan fingerprint density at radius 2 is 1.39 bits per heavy atom. The quantitative estimate of drug-likeness (QED) is 0.196. The maximum atomic E-state index is 14.9. The van der Waals surface area contributed by atoms with Crippen molar-refractivity contribution in [3.8, 4) is 0 Å². The Labute approximate surface area is 390 Å². The lowest BCUT2D eigenvalue weighted by Gasteiger charge is -2.42. The molecule has 5 N–H and O–H groups in total. The van der Waals surface area contributed by atoms with Crippen LogP contribution in [0.25, 0.3) is 0 Å². The number of fused-ring (bicyclic) bond motifs is 2. The van der Waals surface area contributed by atoms with Gasteiger partial charge in [0.15, 0.2) is 0 Å². The average molecular weight is 916 g/mol. The van der Waals surface area contributed by atoms with Crippen LogP contribution in [0.1, 0.15) is 135 Å². The Balaban J connectivity index is 1.44. The lowest BCUT2D eigenvalue weighted by Crippen LogP contribution is -2.62. The fraction of sp³-hybridized carbons (Fsp3) is 0.620. The highest BCUT2D eigenvalue weighted by atomic mass is 16.6. The minimum absolute atomic E-state index is 0.0444. The summed E-state index contributed by atoms with van der Waals surface area (Å²) in [6, 6.07) is 7.82. The van der Waals surface area contributed by atoms with Gasteiger partial charge in [0.2, 0.25) is 29.5 Å². The highest BCUT2D eigenvalue weighted by Gasteiger charge is 2.47. The number of aryl methyl sites for hydroxylation is 1. The SMILES string of the molecule is CN[C@@H](C)C(=O)N[C@H](C(=O)N1Cc2cc([C@H]3C[C@@H](C(=O)O)N(C(=O)[C@@H](NC(=O)[C@H](C)N(C)C(=O)OC(C)(C)C)C(C)(C)C)C3)ccc2C[C@H]1C(=O)N[C@@H]1CCCc2ccccc21)C(C)(C)C. The molecule has 0 spiro atoms. The Bertz CT molecular complexity index is 2170. The molecule has 66 heavy (non-hydrogen) atoms. The monoisotopic (exact) mass is 916 g/mol. The van der Waals surface area contributed by atoms with Gasteiger partial charge in [0, 0.05) is 32.5 Å². The maximum absolute atomic E-state index is 14.9. The van der Waals surface area contributed by atoms with Crippen LogP contribution in [0.4, 0.5) is 4.79 Å². The summed E-state index contributed by atoms with van der Waals surface area (Å²) < 4.78 is 5.43. The van der Waals surface area contributed by atoms with Crippen molar-refractivity contribution in [3.05, 3.63) is 70.3 Å². The van der Waals surface area contributed by atoms with Gasteiger partial charge in [-0.2, -0.15) is 0 Å². The summed E-state index contributed by atoms with van der Waals surface area (Å²) in [6.07, 6.45) is 2.19. The molecule has 2 aromatic rings. The molecule has 0 radical (unpaired) electrons. The van der Waals surface area contributed by atoms with Crippen molar-refractivity contribution in [1.29, 1.82) is 0 Å². The molecule has 8 atom stereocenters. The number of likely N-dealkylation sites (tertiary alicyclic amines) is 1. The molecule has 1 fully saturated rings. The van der Waals surface area contributed by atoms with E-state index in [9.17, 15) is 38.7 Å². The molecular weight excluding hydrogens is 843 g/mol. The van der Waals surface area contributed by atoms with E-state index in [2.05, 4.69) is 27.3 Å². The van der Waals surface area contributed by atoms with Crippen molar-refractivity contribution in [2.24, 2.45) is 10.8 Å². The van der Waals surface area contributed by atoms with E-state index >= 15 is 0 Å². The Kier molecular flexibility index (Phi) is 15.7. The third kappa shape index (κ3) is 11.9. The topological polar surface area (TPSA) is 207 Å². The fourth-order valence-corrected chi connectivity index (χ4v) is 9.01. The number of likely N-dealkylation sites (N-methyl/N-ethyl adjacent to an activating group) is 2. The third-order valence-corrected chi connectivity index (χ3v) is 13.2. The normalized spacial score (nSPS) is 21.5. The van der Waals surface area contributed by atoms with Crippen LogP contribution in [0.15, 0.2) is 42.5 Å². The molecule has 0 unspecified atom stereocenters. The lowest BCUT2D eigenvalue weighted by atomic mass is 9.83. The van der Waals surface area contributed by atoms with Crippen molar-refractivity contribution in [2.45, 2.75) is 169 Å². The summed E-state index contributed by atoms with van der Waals surface area (Å²) in [5.74, 6) is -3.81. The number of hydrogen-bond acceptors (Lipinski definition) is 9. The molecule has 2 aromatic carbocycles. The number of rotatable bonds is 12. The van der Waals surface area contributed by atoms with Crippen molar-refractivity contribution in [1.82, 2.24) is 36.0 Å². The van der Waals surface area contributed by atoms with Gasteiger partial charge in [0.1, 0.15) is 35.8 Å². The first-order chi connectivity index (χ1) is 30.6. The number of aliphatic carboxylic acids is 1. The zero-order valence-electron chi connectivity index (χ0n) is 41.2. The van der Waals surface area contributed by atoms with Gasteiger partial charge < -0.3 is 40.9 Å². The van der Waals surface area contributed by atoms with Gasteiger partial charge in [-0.25, -0.2) is 9.59 Å². The van der Waals surface area contributed by atoms with Gasteiger partial charge in [-0.3, -0.25) is 28.9 Å². The fourth-order valence-electron chi connectivity index (χ4n) is 9.01. The van der Waals surface area contributed by atoms with Crippen molar-refractivity contribution in [3.63, 3.8) is 0 Å². The summed E-state index contributed by atoms with van der Waals surface area (Å²) in [5.41, 5.74) is 2.27. The molecule has 1 saturated heterocycles. The number of carbonyl (C=O) groups is 7. The Morgan fingerprint density at radius 1 is 0.788 bits per heavy atom. The molecule has 16 nitrogen and oxygen atoms in total. The van der Waals surface area contributed by atoms with Gasteiger partial charge in [-0.15, -0.1) is 0 Å². The molecule has 3 aliphatic rings. The van der Waals surface area contributed by atoms with Gasteiger partial charge in [-0.1, -0.05) is 84.0 Å². The summed E-state index contributed by atoms with van der Waals surface area (Å²) >= 11 is 0. The van der Waals surface area contributed by atoms with Crippen LogP contribution < -0.4 is 21.3 Å². The van der Waals surface area contributed by atoms with Crippen LogP contribution in [0.2, 0.25) is 0 Å². The van der Waals surface area contributed by atoms with Crippen LogP contribution in [0.5, 0.6) is 0 Å². The lowest BCUT2D eigenvalue weighted by molar-refractivity contribution is -0.151. The average Bonchev–Trinajstić information content (AvgIpc) is 3.70. The Morgan fingerprint density at radius 3 is 1.98 bits per heavy atom. The molecule has 0 saturated carbocycles. The van der Waals surface area contributed by atoms with Crippen LogP contribution in [0, 0.1) is 10.8 Å². The number of carboxylic acids is 1. The molecule has 2 aliphatic heterocycles. The summed E-state index contributed by atoms with van der Waals surface area (Å²) in [4.78, 5) is 101. The first-order valence-electron chi connectivity index (χ1n) is 23.2. The van der Waals surface area contributed by atoms with E-state index in [1.807, 2.05) is 57.2 Å². The highest BCUT2D eigenvalue weighted by molar-refractivity contribution is 5.95. The minimum Gasteiger partial charge on any atom is -0.480 e. The predicted molar refractivity (Wildman–Crippen MR) is 250 cm³/mol. The van der Waals surface area contributed by atoms with Crippen LogP contribution in [-0.2, 0) is 52.9 Å². The van der Waals surface area contributed by atoms with Crippen molar-refractivity contribution >= 4 is 41.6 Å². The van der Waals surface area contributed by atoms with Crippen molar-refractivity contribution < 1.29 is 43.4 Å². The second-order valence-electron chi connectivity index (χ2n) is 21.5. The highest BCUT2D eigenvalue weighted by Crippen LogP contribution is 2.38. The van der Waals surface area contributed by atoms with E-state index < -0.39 is 88.4 Å². The number of benzene rings is 2. The third-order valence-electron chi connectivity index (χ3n) is 13.2. The van der Waals surface area contributed by atoms with Crippen LogP contribution >= 0.6 is 0 Å². The van der Waals surface area contributed by atoms with Crippen molar-refractivity contribution in [2.75, 3.05) is 20.6 Å². The largest absolute Gasteiger partial charge is 0.480 e. The van der Waals surface area contributed by atoms with E-state index in [-0.39, 0.29) is 43.8 Å². The number of ether oxygens (including phenoxy) is 1. The molecule has 5 rings (SSSR count). The summed E-state index contributed by atoms with van der Waals surface area (Å²) in [5, 5.41) is 22.5. The maximum Gasteiger partial charge on any atom is 0.410 e. The zero-order chi connectivity index (χ0) is 49.2. The number of amides is 6. The van der Waals surface area contributed by atoms with E-state index in [4.69, 9.17) is 4.74 Å². The molecule has 0 bridgehead atoms. The van der Waals surface area contributed by atoms with E-state index in [1.54, 1.807) is 60.4 Å². The molecule has 16 heteroatoms. The van der Waals surface area contributed by atoms with E-state index in [1.165, 1.54) is 24.4 Å². The molecule has 2 heterocycles. The molecular formula is C50H73N7O9. The molecule has 0 aromatic heterocycles. The Hall–Kier alpha value is -5.51.